The molecule has 0 spiro atoms. The Morgan fingerprint density at radius 1 is 1.44 bits per heavy atom. The fourth-order valence-electron chi connectivity index (χ4n) is 2.16. The van der Waals surface area contributed by atoms with Crippen molar-refractivity contribution in [2.24, 2.45) is 17.4 Å². The number of rotatable bonds is 4. The molecule has 0 saturated heterocycles. The third kappa shape index (κ3) is 2.55. The van der Waals surface area contributed by atoms with Crippen LogP contribution in [0.15, 0.2) is 0 Å². The quantitative estimate of drug-likeness (QED) is 0.708. The molecule has 16 heavy (non-hydrogen) atoms. The van der Waals surface area contributed by atoms with Gasteiger partial charge in [-0.15, -0.1) is 0 Å². The van der Waals surface area contributed by atoms with Crippen molar-refractivity contribution in [1.82, 2.24) is 0 Å². The number of hydrogen-bond donors (Lipinski definition) is 2. The molecule has 0 aliphatic heterocycles. The van der Waals surface area contributed by atoms with E-state index in [0.29, 0.717) is 5.92 Å². The molecular weight excluding hydrogens is 204 g/mol. The van der Waals surface area contributed by atoms with Crippen LogP contribution in [0.25, 0.3) is 0 Å². The maximum Gasteiger partial charge on any atom is 0.327 e. The molecule has 0 amide bonds. The molecule has 0 aromatic heterocycles. The Morgan fingerprint density at radius 3 is 2.31 bits per heavy atom. The van der Waals surface area contributed by atoms with Gasteiger partial charge in [-0.25, -0.2) is 4.79 Å². The van der Waals surface area contributed by atoms with E-state index in [1.165, 1.54) is 0 Å². The summed E-state index contributed by atoms with van der Waals surface area (Å²) in [5.41, 5.74) is 9.89. The molecule has 4 nitrogen and oxygen atoms in total. The van der Waals surface area contributed by atoms with Gasteiger partial charge in [0, 0.05) is 6.54 Å². The van der Waals surface area contributed by atoms with Gasteiger partial charge in [0.1, 0.15) is 11.1 Å². The average molecular weight is 228 g/mol. The lowest BCUT2D eigenvalue weighted by atomic mass is 9.88. The van der Waals surface area contributed by atoms with Gasteiger partial charge in [-0.2, -0.15) is 0 Å². The SMILES string of the molecule is CC(C)C1(OC(=O)C(C)(N)CN)CCCC1. The zero-order valence-corrected chi connectivity index (χ0v) is 10.6. The maximum atomic E-state index is 11.9. The van der Waals surface area contributed by atoms with E-state index in [-0.39, 0.29) is 18.1 Å². The Morgan fingerprint density at radius 2 is 1.94 bits per heavy atom. The highest BCUT2D eigenvalue weighted by molar-refractivity contribution is 5.80. The highest BCUT2D eigenvalue weighted by Crippen LogP contribution is 2.39. The summed E-state index contributed by atoms with van der Waals surface area (Å²) in [6.45, 7) is 5.92. The first kappa shape index (κ1) is 13.5. The fourth-order valence-corrected chi connectivity index (χ4v) is 2.16. The third-order valence-corrected chi connectivity index (χ3v) is 3.69. The van der Waals surface area contributed by atoms with E-state index in [9.17, 15) is 4.79 Å². The van der Waals surface area contributed by atoms with E-state index < -0.39 is 5.54 Å². The predicted molar refractivity (Wildman–Crippen MR) is 63.8 cm³/mol. The summed E-state index contributed by atoms with van der Waals surface area (Å²) < 4.78 is 5.67. The van der Waals surface area contributed by atoms with Gasteiger partial charge in [-0.3, -0.25) is 0 Å². The normalized spacial score (nSPS) is 23.1. The molecule has 1 saturated carbocycles. The number of esters is 1. The first-order chi connectivity index (χ1) is 7.34. The minimum Gasteiger partial charge on any atom is -0.457 e. The van der Waals surface area contributed by atoms with Crippen LogP contribution in [0.3, 0.4) is 0 Å². The Bertz CT molecular complexity index is 256. The van der Waals surface area contributed by atoms with E-state index in [0.717, 1.165) is 25.7 Å². The average Bonchev–Trinajstić information content (AvgIpc) is 2.67. The summed E-state index contributed by atoms with van der Waals surface area (Å²) in [7, 11) is 0. The van der Waals surface area contributed by atoms with Gasteiger partial charge in [0.25, 0.3) is 0 Å². The lowest BCUT2D eigenvalue weighted by Gasteiger charge is -2.36. The molecule has 1 rings (SSSR count). The molecule has 1 atom stereocenters. The van der Waals surface area contributed by atoms with Gasteiger partial charge >= 0.3 is 5.97 Å². The summed E-state index contributed by atoms with van der Waals surface area (Å²) in [6, 6.07) is 0. The van der Waals surface area contributed by atoms with Crippen molar-refractivity contribution in [1.29, 1.82) is 0 Å². The van der Waals surface area contributed by atoms with Crippen LogP contribution < -0.4 is 11.5 Å². The molecule has 1 fully saturated rings. The van der Waals surface area contributed by atoms with E-state index in [1.807, 2.05) is 0 Å². The molecule has 0 aromatic carbocycles. The van der Waals surface area contributed by atoms with Crippen LogP contribution in [0, 0.1) is 5.92 Å². The Balaban J connectivity index is 2.74. The van der Waals surface area contributed by atoms with Gasteiger partial charge in [0.15, 0.2) is 0 Å². The Hall–Kier alpha value is -0.610. The largest absolute Gasteiger partial charge is 0.457 e. The van der Waals surface area contributed by atoms with E-state index in [1.54, 1.807) is 6.92 Å². The second-order valence-corrected chi connectivity index (χ2v) is 5.44. The Labute approximate surface area is 97.7 Å². The van der Waals surface area contributed by atoms with E-state index in [2.05, 4.69) is 13.8 Å². The van der Waals surface area contributed by atoms with Crippen LogP contribution in [-0.4, -0.2) is 23.7 Å². The van der Waals surface area contributed by atoms with Gasteiger partial charge in [-0.05, 0) is 38.5 Å². The third-order valence-electron chi connectivity index (χ3n) is 3.69. The first-order valence-corrected chi connectivity index (χ1v) is 6.06. The van der Waals surface area contributed by atoms with Crippen LogP contribution in [0.5, 0.6) is 0 Å². The highest BCUT2D eigenvalue weighted by atomic mass is 16.6. The molecule has 4 heteroatoms. The molecule has 1 aliphatic carbocycles. The molecular formula is C12H24N2O2. The molecule has 0 aromatic rings. The van der Waals surface area contributed by atoms with Crippen molar-refractivity contribution in [3.05, 3.63) is 0 Å². The fraction of sp³-hybridized carbons (Fsp3) is 0.917. The smallest absolute Gasteiger partial charge is 0.327 e. The lowest BCUT2D eigenvalue weighted by molar-refractivity contribution is -0.170. The zero-order valence-electron chi connectivity index (χ0n) is 10.6. The van der Waals surface area contributed by atoms with Crippen molar-refractivity contribution < 1.29 is 9.53 Å². The maximum absolute atomic E-state index is 11.9. The monoisotopic (exact) mass is 228 g/mol. The molecule has 1 aliphatic rings. The van der Waals surface area contributed by atoms with E-state index >= 15 is 0 Å². The van der Waals surface area contributed by atoms with Crippen molar-refractivity contribution in [2.45, 2.75) is 57.6 Å². The first-order valence-electron chi connectivity index (χ1n) is 6.06. The zero-order chi connectivity index (χ0) is 12.4. The predicted octanol–water partition coefficient (Wildman–Crippen LogP) is 1.17. The summed E-state index contributed by atoms with van der Waals surface area (Å²) in [4.78, 5) is 11.9. The minimum atomic E-state index is -1.06. The van der Waals surface area contributed by atoms with E-state index in [4.69, 9.17) is 16.2 Å². The molecule has 1 unspecified atom stereocenters. The van der Waals surface area contributed by atoms with Crippen LogP contribution in [0.1, 0.15) is 46.5 Å². The number of carbonyl (C=O) groups excluding carboxylic acids is 1. The van der Waals surface area contributed by atoms with Crippen molar-refractivity contribution in [3.8, 4) is 0 Å². The molecule has 0 radical (unpaired) electrons. The van der Waals surface area contributed by atoms with Gasteiger partial charge < -0.3 is 16.2 Å². The summed E-state index contributed by atoms with van der Waals surface area (Å²) in [5.74, 6) is -0.0434. The van der Waals surface area contributed by atoms with Crippen LogP contribution >= 0.6 is 0 Å². The second-order valence-electron chi connectivity index (χ2n) is 5.44. The summed E-state index contributed by atoms with van der Waals surface area (Å²) >= 11 is 0. The minimum absolute atomic E-state index is 0.111. The number of nitrogens with two attached hydrogens (primary N) is 2. The molecule has 4 N–H and O–H groups in total. The van der Waals surface area contributed by atoms with Crippen molar-refractivity contribution >= 4 is 5.97 Å². The number of carbonyl (C=O) groups is 1. The molecule has 0 bridgehead atoms. The van der Waals surface area contributed by atoms with Gasteiger partial charge in [0.05, 0.1) is 0 Å². The summed E-state index contributed by atoms with van der Waals surface area (Å²) in [6.07, 6.45) is 4.12. The topological polar surface area (TPSA) is 78.3 Å². The highest BCUT2D eigenvalue weighted by Gasteiger charge is 2.43. The van der Waals surface area contributed by atoms with Crippen molar-refractivity contribution in [2.75, 3.05) is 6.54 Å². The standard InChI is InChI=1S/C12H24N2O2/c1-9(2)12(6-4-5-7-12)16-10(15)11(3,14)8-13/h9H,4-8,13-14H2,1-3H3. The Kier molecular flexibility index (Phi) is 3.97. The van der Waals surface area contributed by atoms with Crippen molar-refractivity contribution in [3.63, 3.8) is 0 Å². The van der Waals surface area contributed by atoms with Gasteiger partial charge in [0.2, 0.25) is 0 Å². The number of ether oxygens (including phenoxy) is 1. The van der Waals surface area contributed by atoms with Crippen LogP contribution in [0.4, 0.5) is 0 Å². The van der Waals surface area contributed by atoms with Crippen LogP contribution in [0.2, 0.25) is 0 Å². The van der Waals surface area contributed by atoms with Gasteiger partial charge in [-0.1, -0.05) is 13.8 Å². The lowest BCUT2D eigenvalue weighted by Crippen LogP contribution is -2.55. The molecule has 94 valence electrons. The van der Waals surface area contributed by atoms with Crippen LogP contribution in [-0.2, 0) is 9.53 Å². The second kappa shape index (κ2) is 4.72. The molecule has 0 heterocycles. The number of hydrogen-bond acceptors (Lipinski definition) is 4. The summed E-state index contributed by atoms with van der Waals surface area (Å²) in [5, 5.41) is 0.